The number of thiophene rings is 1. The molecule has 2 aromatic rings. The molecule has 0 saturated heterocycles. The first-order chi connectivity index (χ1) is 7.75. The molecule has 0 aromatic carbocycles. The number of carbonyl (C=O) groups is 1. The van der Waals surface area contributed by atoms with Crippen molar-refractivity contribution in [3.63, 3.8) is 0 Å². The summed E-state index contributed by atoms with van der Waals surface area (Å²) in [7, 11) is 0. The maximum absolute atomic E-state index is 10.6. The highest BCUT2D eigenvalue weighted by Gasteiger charge is 2.06. The molecule has 0 aliphatic carbocycles. The minimum absolute atomic E-state index is 0.358. The smallest absolute Gasteiger partial charge is 0.345 e. The van der Waals surface area contributed by atoms with Crippen molar-refractivity contribution in [2.75, 3.05) is 0 Å². The molecule has 6 heteroatoms. The summed E-state index contributed by atoms with van der Waals surface area (Å²) in [6, 6.07) is 5.20. The van der Waals surface area contributed by atoms with Crippen LogP contribution in [0, 0.1) is 0 Å². The van der Waals surface area contributed by atoms with Crippen LogP contribution in [-0.4, -0.2) is 16.2 Å². The van der Waals surface area contributed by atoms with Gasteiger partial charge in [0.1, 0.15) is 10.6 Å². The average Bonchev–Trinajstić information content (AvgIpc) is 2.87. The number of nitrogens with zero attached hydrogens (tertiary/aromatic N) is 1. The topological polar surface area (TPSA) is 75.4 Å². The maximum Gasteiger partial charge on any atom is 0.345 e. The van der Waals surface area contributed by atoms with E-state index in [4.69, 9.17) is 9.63 Å². The molecule has 0 bridgehead atoms. The standard InChI is InChI=1S/C10H10N2O3S/c13-10(14)9-2-1-8(16-9)6-11-5-7-3-4-12-15-7/h1-4,11H,5-6H2,(H,13,14). The van der Waals surface area contributed by atoms with Crippen molar-refractivity contribution in [2.24, 2.45) is 0 Å². The zero-order chi connectivity index (χ0) is 11.4. The van der Waals surface area contributed by atoms with E-state index in [0.717, 1.165) is 10.6 Å². The Kier molecular flexibility index (Phi) is 3.33. The lowest BCUT2D eigenvalue weighted by atomic mass is 10.4. The van der Waals surface area contributed by atoms with Crippen molar-refractivity contribution >= 4 is 17.3 Å². The number of nitrogens with one attached hydrogen (secondary N) is 1. The lowest BCUT2D eigenvalue weighted by Crippen LogP contribution is -2.10. The molecular weight excluding hydrogens is 228 g/mol. The number of rotatable bonds is 5. The van der Waals surface area contributed by atoms with Gasteiger partial charge in [0.15, 0.2) is 0 Å². The van der Waals surface area contributed by atoms with Gasteiger partial charge >= 0.3 is 5.97 Å². The molecule has 0 amide bonds. The monoisotopic (exact) mass is 238 g/mol. The van der Waals surface area contributed by atoms with E-state index in [-0.39, 0.29) is 0 Å². The lowest BCUT2D eigenvalue weighted by molar-refractivity contribution is 0.0702. The van der Waals surface area contributed by atoms with Crippen LogP contribution in [0.5, 0.6) is 0 Å². The largest absolute Gasteiger partial charge is 0.477 e. The molecule has 2 heterocycles. The first-order valence-corrected chi connectivity index (χ1v) is 5.49. The van der Waals surface area contributed by atoms with Crippen molar-refractivity contribution < 1.29 is 14.4 Å². The summed E-state index contributed by atoms with van der Waals surface area (Å²) in [5.41, 5.74) is 0. The summed E-state index contributed by atoms with van der Waals surface area (Å²) in [5.74, 6) is -0.124. The summed E-state index contributed by atoms with van der Waals surface area (Å²) in [4.78, 5) is 12.0. The molecule has 0 saturated carbocycles. The van der Waals surface area contributed by atoms with E-state index < -0.39 is 5.97 Å². The average molecular weight is 238 g/mol. The third-order valence-electron chi connectivity index (χ3n) is 1.96. The number of aromatic carboxylic acids is 1. The Morgan fingerprint density at radius 1 is 1.44 bits per heavy atom. The van der Waals surface area contributed by atoms with E-state index >= 15 is 0 Å². The van der Waals surface area contributed by atoms with Gasteiger partial charge in [-0.2, -0.15) is 0 Å². The second-order valence-electron chi connectivity index (χ2n) is 3.15. The predicted molar refractivity (Wildman–Crippen MR) is 58.3 cm³/mol. The van der Waals surface area contributed by atoms with Gasteiger partial charge in [-0.25, -0.2) is 4.79 Å². The van der Waals surface area contributed by atoms with E-state index in [2.05, 4.69) is 10.5 Å². The predicted octanol–water partition coefficient (Wildman–Crippen LogP) is 1.72. The van der Waals surface area contributed by atoms with Gasteiger partial charge in [-0.1, -0.05) is 5.16 Å². The van der Waals surface area contributed by atoms with Gasteiger partial charge in [0.05, 0.1) is 12.7 Å². The van der Waals surface area contributed by atoms with Gasteiger partial charge in [-0.05, 0) is 12.1 Å². The molecule has 0 radical (unpaired) electrons. The molecule has 5 nitrogen and oxygen atoms in total. The van der Waals surface area contributed by atoms with Crippen LogP contribution in [0.3, 0.4) is 0 Å². The van der Waals surface area contributed by atoms with Gasteiger partial charge in [-0.15, -0.1) is 11.3 Å². The van der Waals surface area contributed by atoms with Crippen LogP contribution in [-0.2, 0) is 13.1 Å². The van der Waals surface area contributed by atoms with E-state index in [0.29, 0.717) is 18.0 Å². The number of hydrogen-bond donors (Lipinski definition) is 2. The molecule has 16 heavy (non-hydrogen) atoms. The second kappa shape index (κ2) is 4.91. The Morgan fingerprint density at radius 3 is 2.94 bits per heavy atom. The van der Waals surface area contributed by atoms with Gasteiger partial charge in [0.25, 0.3) is 0 Å². The van der Waals surface area contributed by atoms with E-state index in [1.807, 2.05) is 6.07 Å². The SMILES string of the molecule is O=C(O)c1ccc(CNCc2ccno2)s1. The minimum Gasteiger partial charge on any atom is -0.477 e. The summed E-state index contributed by atoms with van der Waals surface area (Å²) in [6.45, 7) is 1.21. The number of hydrogen-bond acceptors (Lipinski definition) is 5. The summed E-state index contributed by atoms with van der Waals surface area (Å²) in [6.07, 6.45) is 1.59. The molecule has 84 valence electrons. The molecule has 0 aliphatic rings. The van der Waals surface area contributed by atoms with E-state index in [1.165, 1.54) is 11.3 Å². The maximum atomic E-state index is 10.6. The van der Waals surface area contributed by atoms with Gasteiger partial charge < -0.3 is 14.9 Å². The van der Waals surface area contributed by atoms with Crippen molar-refractivity contribution in [1.82, 2.24) is 10.5 Å². The van der Waals surface area contributed by atoms with Crippen LogP contribution in [0.4, 0.5) is 0 Å². The van der Waals surface area contributed by atoms with Crippen molar-refractivity contribution in [3.8, 4) is 0 Å². The molecule has 0 atom stereocenters. The van der Waals surface area contributed by atoms with Crippen LogP contribution in [0.25, 0.3) is 0 Å². The Labute approximate surface area is 95.7 Å². The van der Waals surface area contributed by atoms with Crippen molar-refractivity contribution in [2.45, 2.75) is 13.1 Å². The molecule has 2 N–H and O–H groups in total. The first kappa shape index (κ1) is 10.8. The first-order valence-electron chi connectivity index (χ1n) is 4.68. The molecule has 0 aliphatic heterocycles. The number of aromatic nitrogens is 1. The van der Waals surface area contributed by atoms with Crippen LogP contribution >= 0.6 is 11.3 Å². The molecule has 0 unspecified atom stereocenters. The zero-order valence-corrected chi connectivity index (χ0v) is 9.16. The van der Waals surface area contributed by atoms with Gasteiger partial charge in [0.2, 0.25) is 0 Å². The Morgan fingerprint density at radius 2 is 2.31 bits per heavy atom. The molecular formula is C10H10N2O3S. The Hall–Kier alpha value is -1.66. The molecule has 0 spiro atoms. The summed E-state index contributed by atoms with van der Waals surface area (Å²) in [5, 5.41) is 15.5. The Balaban J connectivity index is 1.83. The number of carboxylic acid groups (broad SMARTS) is 1. The molecule has 2 rings (SSSR count). The summed E-state index contributed by atoms with van der Waals surface area (Å²) < 4.78 is 4.91. The summed E-state index contributed by atoms with van der Waals surface area (Å²) >= 11 is 1.27. The van der Waals surface area contributed by atoms with Gasteiger partial charge in [-0.3, -0.25) is 0 Å². The van der Waals surface area contributed by atoms with Crippen LogP contribution in [0.2, 0.25) is 0 Å². The lowest BCUT2D eigenvalue weighted by Gasteiger charge is -1.98. The highest BCUT2D eigenvalue weighted by molar-refractivity contribution is 7.13. The fraction of sp³-hybridized carbons (Fsp3) is 0.200. The van der Waals surface area contributed by atoms with Crippen molar-refractivity contribution in [1.29, 1.82) is 0 Å². The zero-order valence-electron chi connectivity index (χ0n) is 8.34. The quantitative estimate of drug-likeness (QED) is 0.829. The Bertz CT molecular complexity index is 464. The third kappa shape index (κ3) is 2.68. The van der Waals surface area contributed by atoms with Crippen molar-refractivity contribution in [3.05, 3.63) is 39.9 Å². The number of carboxylic acids is 1. The van der Waals surface area contributed by atoms with Crippen LogP contribution in [0.15, 0.2) is 28.9 Å². The van der Waals surface area contributed by atoms with E-state index in [9.17, 15) is 4.79 Å². The second-order valence-corrected chi connectivity index (χ2v) is 4.32. The fourth-order valence-electron chi connectivity index (χ4n) is 1.23. The molecule has 0 fully saturated rings. The van der Waals surface area contributed by atoms with Crippen LogP contribution in [0.1, 0.15) is 20.3 Å². The normalized spacial score (nSPS) is 10.5. The van der Waals surface area contributed by atoms with E-state index in [1.54, 1.807) is 18.3 Å². The highest BCUT2D eigenvalue weighted by Crippen LogP contribution is 2.16. The van der Waals surface area contributed by atoms with Crippen LogP contribution < -0.4 is 5.32 Å². The van der Waals surface area contributed by atoms with Gasteiger partial charge in [0, 0.05) is 17.5 Å². The minimum atomic E-state index is -0.883. The highest BCUT2D eigenvalue weighted by atomic mass is 32.1. The molecule has 2 aromatic heterocycles. The third-order valence-corrected chi connectivity index (χ3v) is 3.04. The fourth-order valence-corrected chi connectivity index (χ4v) is 2.05.